The molecule has 0 saturated heterocycles. The fourth-order valence-corrected chi connectivity index (χ4v) is 4.31. The molecule has 0 bridgehead atoms. The molecule has 136 valence electrons. The average Bonchev–Trinajstić information content (AvgIpc) is 3.15. The molecule has 2 heterocycles. The number of benzene rings is 2. The number of aliphatic imine (C=N–C) groups is 1. The van der Waals surface area contributed by atoms with E-state index in [2.05, 4.69) is 4.99 Å². The zero-order valence-electron chi connectivity index (χ0n) is 14.4. The topological polar surface area (TPSA) is 68.1 Å². The van der Waals surface area contributed by atoms with Crippen molar-refractivity contribution in [1.29, 1.82) is 0 Å². The van der Waals surface area contributed by atoms with Gasteiger partial charge in [-0.05, 0) is 42.3 Å². The van der Waals surface area contributed by atoms with Crippen LogP contribution >= 0.6 is 22.9 Å². The molecule has 0 aliphatic carbocycles. The van der Waals surface area contributed by atoms with E-state index in [1.54, 1.807) is 18.2 Å². The monoisotopic (exact) mass is 399 g/mol. The highest BCUT2D eigenvalue weighted by atomic mass is 35.5. The number of hydrogen-bond donors (Lipinski definition) is 1. The van der Waals surface area contributed by atoms with E-state index < -0.39 is 5.97 Å². The second kappa shape index (κ2) is 6.72. The molecule has 1 N–H and O–H groups in total. The van der Waals surface area contributed by atoms with Gasteiger partial charge in [0.2, 0.25) is 5.90 Å². The van der Waals surface area contributed by atoms with E-state index in [0.717, 1.165) is 15.6 Å². The zero-order valence-corrected chi connectivity index (χ0v) is 16.0. The summed E-state index contributed by atoms with van der Waals surface area (Å²) >= 11 is 7.90. The van der Waals surface area contributed by atoms with Crippen LogP contribution in [0.2, 0.25) is 5.02 Å². The van der Waals surface area contributed by atoms with Crippen molar-refractivity contribution in [3.63, 3.8) is 0 Å². The summed E-state index contributed by atoms with van der Waals surface area (Å²) in [6, 6.07) is 10.8. The van der Waals surface area contributed by atoms with Gasteiger partial charge >= 0.3 is 5.97 Å². The van der Waals surface area contributed by atoms with Gasteiger partial charge in [0.15, 0.2) is 17.2 Å². The molecule has 1 aromatic heterocycles. The Balaban J connectivity index is 1.73. The first-order valence-corrected chi connectivity index (χ1v) is 9.24. The van der Waals surface area contributed by atoms with Gasteiger partial charge in [-0.2, -0.15) is 0 Å². The molecule has 0 amide bonds. The number of carbonyl (C=O) groups excluding carboxylic acids is 1. The van der Waals surface area contributed by atoms with E-state index in [9.17, 15) is 9.90 Å². The van der Waals surface area contributed by atoms with Crippen LogP contribution < -0.4 is 4.74 Å². The summed E-state index contributed by atoms with van der Waals surface area (Å²) in [5, 5.41) is 11.3. The third-order valence-electron chi connectivity index (χ3n) is 4.11. The van der Waals surface area contributed by atoms with E-state index in [1.807, 2.05) is 25.1 Å². The molecule has 0 fully saturated rings. The van der Waals surface area contributed by atoms with Crippen LogP contribution in [0.5, 0.6) is 11.5 Å². The van der Waals surface area contributed by atoms with Crippen LogP contribution in [0.15, 0.2) is 47.1 Å². The summed E-state index contributed by atoms with van der Waals surface area (Å²) in [4.78, 5) is 17.1. The maximum Gasteiger partial charge on any atom is 0.363 e. The van der Waals surface area contributed by atoms with E-state index >= 15 is 0 Å². The average molecular weight is 400 g/mol. The Kier molecular flexibility index (Phi) is 4.37. The molecule has 1 aliphatic rings. The quantitative estimate of drug-likeness (QED) is 0.501. The molecular formula is C20H14ClNO4S. The summed E-state index contributed by atoms with van der Waals surface area (Å²) < 4.78 is 11.3. The Morgan fingerprint density at radius 3 is 2.81 bits per heavy atom. The summed E-state index contributed by atoms with van der Waals surface area (Å²) in [5.74, 6) is -0.0501. The van der Waals surface area contributed by atoms with Crippen molar-refractivity contribution >= 4 is 51.0 Å². The number of fused-ring (bicyclic) bond motifs is 1. The van der Waals surface area contributed by atoms with Crippen LogP contribution in [-0.2, 0) is 9.53 Å². The maximum atomic E-state index is 12.2. The normalized spacial score (nSPS) is 15.3. The fraction of sp³-hybridized carbons (Fsp3) is 0.100. The smallest absolute Gasteiger partial charge is 0.363 e. The highest BCUT2D eigenvalue weighted by Crippen LogP contribution is 2.38. The Hall–Kier alpha value is -2.83. The number of carbonyl (C=O) groups is 1. The molecular weight excluding hydrogens is 386 g/mol. The van der Waals surface area contributed by atoms with Crippen LogP contribution in [0.1, 0.15) is 16.0 Å². The number of nitrogens with zero attached hydrogens (tertiary/aromatic N) is 1. The molecule has 0 saturated carbocycles. The maximum absolute atomic E-state index is 12.2. The number of halogens is 1. The van der Waals surface area contributed by atoms with Gasteiger partial charge in [0, 0.05) is 10.1 Å². The molecule has 1 aliphatic heterocycles. The number of ether oxygens (including phenoxy) is 2. The van der Waals surface area contributed by atoms with Crippen molar-refractivity contribution in [3.05, 3.63) is 63.1 Å². The third-order valence-corrected chi connectivity index (χ3v) is 5.75. The van der Waals surface area contributed by atoms with Gasteiger partial charge in [0.25, 0.3) is 0 Å². The van der Waals surface area contributed by atoms with E-state index in [1.165, 1.54) is 24.5 Å². The highest BCUT2D eigenvalue weighted by Gasteiger charge is 2.28. The number of aromatic hydroxyl groups is 1. The molecule has 3 aromatic rings. The van der Waals surface area contributed by atoms with Crippen molar-refractivity contribution < 1.29 is 19.4 Å². The van der Waals surface area contributed by atoms with E-state index in [4.69, 9.17) is 21.1 Å². The molecule has 27 heavy (non-hydrogen) atoms. The number of aryl methyl sites for hydroxylation is 1. The summed E-state index contributed by atoms with van der Waals surface area (Å²) in [6.45, 7) is 2.00. The minimum absolute atomic E-state index is 0.0228. The van der Waals surface area contributed by atoms with E-state index in [-0.39, 0.29) is 17.3 Å². The number of phenols is 1. The van der Waals surface area contributed by atoms with Gasteiger partial charge in [-0.25, -0.2) is 9.79 Å². The Bertz CT molecular complexity index is 1150. The number of thiophene rings is 1. The minimum Gasteiger partial charge on any atom is -0.504 e. The molecule has 7 heteroatoms. The van der Waals surface area contributed by atoms with Crippen molar-refractivity contribution in [1.82, 2.24) is 0 Å². The summed E-state index contributed by atoms with van der Waals surface area (Å²) in [5.41, 5.74) is 1.86. The summed E-state index contributed by atoms with van der Waals surface area (Å²) in [6.07, 6.45) is 1.54. The molecule has 0 spiro atoms. The lowest BCUT2D eigenvalue weighted by Crippen LogP contribution is -2.04. The van der Waals surface area contributed by atoms with Crippen molar-refractivity contribution in [2.45, 2.75) is 6.92 Å². The van der Waals surface area contributed by atoms with Crippen LogP contribution in [-0.4, -0.2) is 24.1 Å². The first-order chi connectivity index (χ1) is 13.0. The van der Waals surface area contributed by atoms with Gasteiger partial charge in [0.1, 0.15) is 4.88 Å². The lowest BCUT2D eigenvalue weighted by Gasteiger charge is -2.03. The molecule has 5 nitrogen and oxygen atoms in total. The van der Waals surface area contributed by atoms with Crippen LogP contribution in [0, 0.1) is 6.92 Å². The van der Waals surface area contributed by atoms with Gasteiger partial charge in [-0.15, -0.1) is 11.3 Å². The van der Waals surface area contributed by atoms with E-state index in [0.29, 0.717) is 21.2 Å². The predicted octanol–water partition coefficient (Wildman–Crippen LogP) is 4.92. The third kappa shape index (κ3) is 3.18. The second-order valence-corrected chi connectivity index (χ2v) is 7.44. The second-order valence-electron chi connectivity index (χ2n) is 6.01. The van der Waals surface area contributed by atoms with Crippen molar-refractivity contribution in [3.8, 4) is 11.5 Å². The number of esters is 1. The zero-order chi connectivity index (χ0) is 19.1. The lowest BCUT2D eigenvalue weighted by atomic mass is 10.1. The largest absolute Gasteiger partial charge is 0.504 e. The number of hydrogen-bond acceptors (Lipinski definition) is 6. The van der Waals surface area contributed by atoms with Crippen molar-refractivity contribution in [2.75, 3.05) is 7.11 Å². The first kappa shape index (κ1) is 17.6. The Labute approximate surface area is 164 Å². The molecule has 0 atom stereocenters. The minimum atomic E-state index is -0.565. The molecule has 2 aromatic carbocycles. The predicted molar refractivity (Wildman–Crippen MR) is 107 cm³/mol. The first-order valence-electron chi connectivity index (χ1n) is 8.05. The number of methoxy groups -OCH3 is 1. The number of cyclic esters (lactones) is 1. The van der Waals surface area contributed by atoms with Gasteiger partial charge in [-0.1, -0.05) is 29.8 Å². The molecule has 4 rings (SSSR count). The standard InChI is InChI=1S/C20H14ClNO4S/c1-10-3-5-12-16(7-10)27-18(17(12)21)19-22-13(20(24)26-19)8-11-4-6-15(25-2)14(23)9-11/h3-9,23H,1-2H3/b13-8+. The summed E-state index contributed by atoms with van der Waals surface area (Å²) in [7, 11) is 1.47. The highest BCUT2D eigenvalue weighted by molar-refractivity contribution is 7.21. The van der Waals surface area contributed by atoms with Crippen LogP contribution in [0.4, 0.5) is 0 Å². The Morgan fingerprint density at radius 1 is 1.26 bits per heavy atom. The number of rotatable bonds is 3. The molecule has 0 unspecified atom stereocenters. The number of phenolic OH excluding ortho intramolecular Hbond substituents is 1. The van der Waals surface area contributed by atoms with Crippen LogP contribution in [0.25, 0.3) is 16.2 Å². The van der Waals surface area contributed by atoms with Crippen LogP contribution in [0.3, 0.4) is 0 Å². The molecule has 0 radical (unpaired) electrons. The van der Waals surface area contributed by atoms with Gasteiger partial charge in [0.05, 0.1) is 12.1 Å². The lowest BCUT2D eigenvalue weighted by molar-refractivity contribution is -0.129. The van der Waals surface area contributed by atoms with Crippen molar-refractivity contribution in [2.24, 2.45) is 4.99 Å². The SMILES string of the molecule is COc1ccc(/C=C2/N=C(c3sc4cc(C)ccc4c3Cl)OC2=O)cc1O. The van der Waals surface area contributed by atoms with Gasteiger partial charge in [-0.3, -0.25) is 0 Å². The Morgan fingerprint density at radius 2 is 2.07 bits per heavy atom. The van der Waals surface area contributed by atoms with Gasteiger partial charge < -0.3 is 14.6 Å². The fourth-order valence-electron chi connectivity index (χ4n) is 2.77.